The average molecular weight is 230 g/mol. The van der Waals surface area contributed by atoms with Gasteiger partial charge in [0.25, 0.3) is 0 Å². The Morgan fingerprint density at radius 2 is 2.13 bits per heavy atom. The largest absolute Gasteiger partial charge is 0.456 e. The van der Waals surface area contributed by atoms with Crippen molar-refractivity contribution in [3.63, 3.8) is 0 Å². The maximum Gasteiger partial charge on any atom is 0.211 e. The van der Waals surface area contributed by atoms with Crippen LogP contribution in [0.1, 0.15) is 48.9 Å². The SMILES string of the molecule is CCC(CC)c1oc(C(=O)CN)cc1Cl. The van der Waals surface area contributed by atoms with Crippen LogP contribution in [-0.4, -0.2) is 12.3 Å². The van der Waals surface area contributed by atoms with Crippen molar-refractivity contribution < 1.29 is 9.21 Å². The molecule has 0 saturated carbocycles. The van der Waals surface area contributed by atoms with Crippen LogP contribution in [0.15, 0.2) is 10.5 Å². The summed E-state index contributed by atoms with van der Waals surface area (Å²) in [6, 6.07) is 1.56. The number of ketones is 1. The minimum absolute atomic E-state index is 0.0494. The monoisotopic (exact) mass is 229 g/mol. The fraction of sp³-hybridized carbons (Fsp3) is 0.545. The fourth-order valence-corrected chi connectivity index (χ4v) is 1.85. The van der Waals surface area contributed by atoms with Gasteiger partial charge in [0.2, 0.25) is 5.78 Å². The van der Waals surface area contributed by atoms with E-state index in [0.717, 1.165) is 12.8 Å². The zero-order valence-corrected chi connectivity index (χ0v) is 9.80. The summed E-state index contributed by atoms with van der Waals surface area (Å²) >= 11 is 6.01. The molecular weight excluding hydrogens is 214 g/mol. The van der Waals surface area contributed by atoms with Crippen LogP contribution in [0.25, 0.3) is 0 Å². The molecule has 0 spiro atoms. The molecule has 0 aliphatic heterocycles. The minimum atomic E-state index is -0.214. The Hall–Kier alpha value is -0.800. The lowest BCUT2D eigenvalue weighted by Crippen LogP contribution is -2.12. The number of hydrogen-bond donors (Lipinski definition) is 1. The van der Waals surface area contributed by atoms with Gasteiger partial charge >= 0.3 is 0 Å². The fourth-order valence-electron chi connectivity index (χ4n) is 1.56. The van der Waals surface area contributed by atoms with Gasteiger partial charge in [-0.3, -0.25) is 4.79 Å². The van der Waals surface area contributed by atoms with Gasteiger partial charge in [0, 0.05) is 12.0 Å². The molecule has 1 aromatic rings. The van der Waals surface area contributed by atoms with E-state index in [1.165, 1.54) is 0 Å². The van der Waals surface area contributed by atoms with Gasteiger partial charge in [0.15, 0.2) is 5.76 Å². The van der Waals surface area contributed by atoms with Gasteiger partial charge < -0.3 is 10.2 Å². The summed E-state index contributed by atoms with van der Waals surface area (Å²) in [4.78, 5) is 11.3. The Labute approximate surface area is 94.6 Å². The van der Waals surface area contributed by atoms with Crippen LogP contribution in [0.3, 0.4) is 0 Å². The molecule has 15 heavy (non-hydrogen) atoms. The summed E-state index contributed by atoms with van der Waals surface area (Å²) in [7, 11) is 0. The standard InChI is InChI=1S/C11H16ClNO2/c1-3-7(4-2)11-8(12)5-10(15-11)9(14)6-13/h5,7H,3-4,6,13H2,1-2H3. The number of furan rings is 1. The van der Waals surface area contributed by atoms with Gasteiger partial charge in [-0.2, -0.15) is 0 Å². The topological polar surface area (TPSA) is 56.2 Å². The first-order valence-electron chi connectivity index (χ1n) is 5.16. The smallest absolute Gasteiger partial charge is 0.211 e. The molecule has 0 unspecified atom stereocenters. The third-order valence-corrected chi connectivity index (χ3v) is 2.83. The van der Waals surface area contributed by atoms with Crippen LogP contribution in [0.4, 0.5) is 0 Å². The van der Waals surface area contributed by atoms with E-state index in [9.17, 15) is 4.79 Å². The number of nitrogens with two attached hydrogens (primary N) is 1. The highest BCUT2D eigenvalue weighted by Gasteiger charge is 2.19. The van der Waals surface area contributed by atoms with E-state index in [2.05, 4.69) is 13.8 Å². The highest BCUT2D eigenvalue weighted by molar-refractivity contribution is 6.31. The molecule has 1 heterocycles. The van der Waals surface area contributed by atoms with Crippen molar-refractivity contribution in [3.8, 4) is 0 Å². The molecule has 3 nitrogen and oxygen atoms in total. The summed E-state index contributed by atoms with van der Waals surface area (Å²) in [6.07, 6.45) is 1.89. The predicted octanol–water partition coefficient (Wildman–Crippen LogP) is 2.98. The van der Waals surface area contributed by atoms with Crippen LogP contribution >= 0.6 is 11.6 Å². The zero-order chi connectivity index (χ0) is 11.4. The number of halogens is 1. The van der Waals surface area contributed by atoms with E-state index in [1.54, 1.807) is 6.07 Å². The van der Waals surface area contributed by atoms with Crippen molar-refractivity contribution in [2.75, 3.05) is 6.54 Å². The third kappa shape index (κ3) is 2.61. The van der Waals surface area contributed by atoms with E-state index in [1.807, 2.05) is 0 Å². The number of carbonyl (C=O) groups excluding carboxylic acids is 1. The van der Waals surface area contributed by atoms with E-state index in [0.29, 0.717) is 10.8 Å². The summed E-state index contributed by atoms with van der Waals surface area (Å²) < 4.78 is 5.45. The van der Waals surface area contributed by atoms with Crippen LogP contribution < -0.4 is 5.73 Å². The molecule has 1 aromatic heterocycles. The Bertz CT molecular complexity index is 342. The molecule has 4 heteroatoms. The van der Waals surface area contributed by atoms with Crippen molar-refractivity contribution in [1.82, 2.24) is 0 Å². The summed E-state index contributed by atoms with van der Waals surface area (Å²) in [5.41, 5.74) is 5.25. The molecule has 0 radical (unpaired) electrons. The Kier molecular flexibility index (Phi) is 4.36. The van der Waals surface area contributed by atoms with Gasteiger partial charge in [0.1, 0.15) is 5.76 Å². The molecule has 0 fully saturated rings. The second-order valence-electron chi connectivity index (χ2n) is 3.46. The molecule has 1 rings (SSSR count). The molecule has 0 aliphatic carbocycles. The lowest BCUT2D eigenvalue weighted by Gasteiger charge is -2.08. The molecule has 0 aliphatic rings. The predicted molar refractivity (Wildman–Crippen MR) is 60.4 cm³/mol. The maximum atomic E-state index is 11.3. The normalized spacial score (nSPS) is 11.0. The van der Waals surface area contributed by atoms with Crippen molar-refractivity contribution in [3.05, 3.63) is 22.6 Å². The van der Waals surface area contributed by atoms with Crippen molar-refractivity contribution in [2.45, 2.75) is 32.6 Å². The van der Waals surface area contributed by atoms with Gasteiger partial charge in [-0.1, -0.05) is 25.4 Å². The van der Waals surface area contributed by atoms with Gasteiger partial charge in [0.05, 0.1) is 11.6 Å². The van der Waals surface area contributed by atoms with Crippen molar-refractivity contribution >= 4 is 17.4 Å². The zero-order valence-electron chi connectivity index (χ0n) is 9.05. The second-order valence-corrected chi connectivity index (χ2v) is 3.87. The number of rotatable bonds is 5. The first kappa shape index (κ1) is 12.3. The first-order chi connectivity index (χ1) is 7.13. The van der Waals surface area contributed by atoms with Crippen LogP contribution in [0, 0.1) is 0 Å². The van der Waals surface area contributed by atoms with Crippen molar-refractivity contribution in [2.24, 2.45) is 5.73 Å². The maximum absolute atomic E-state index is 11.3. The van der Waals surface area contributed by atoms with Gasteiger partial charge in [-0.05, 0) is 12.8 Å². The first-order valence-corrected chi connectivity index (χ1v) is 5.54. The van der Waals surface area contributed by atoms with E-state index < -0.39 is 0 Å². The molecule has 0 amide bonds. The molecule has 84 valence electrons. The number of carbonyl (C=O) groups is 1. The van der Waals surface area contributed by atoms with Gasteiger partial charge in [-0.25, -0.2) is 0 Å². The molecule has 0 saturated heterocycles. The molecule has 0 aromatic carbocycles. The van der Waals surface area contributed by atoms with Crippen LogP contribution in [-0.2, 0) is 0 Å². The number of hydrogen-bond acceptors (Lipinski definition) is 3. The molecule has 0 atom stereocenters. The van der Waals surface area contributed by atoms with Crippen molar-refractivity contribution in [1.29, 1.82) is 0 Å². The lowest BCUT2D eigenvalue weighted by atomic mass is 10.0. The summed E-state index contributed by atoms with van der Waals surface area (Å²) in [5, 5.41) is 0.528. The Morgan fingerprint density at radius 1 is 1.53 bits per heavy atom. The molecular formula is C11H16ClNO2. The van der Waals surface area contributed by atoms with E-state index in [4.69, 9.17) is 21.8 Å². The van der Waals surface area contributed by atoms with Crippen LogP contribution in [0.2, 0.25) is 5.02 Å². The Morgan fingerprint density at radius 3 is 2.60 bits per heavy atom. The Balaban J connectivity index is 3.00. The summed E-state index contributed by atoms with van der Waals surface area (Å²) in [6.45, 7) is 4.08. The second kappa shape index (κ2) is 5.33. The van der Waals surface area contributed by atoms with Gasteiger partial charge in [-0.15, -0.1) is 0 Å². The average Bonchev–Trinajstić information content (AvgIpc) is 2.62. The number of Topliss-reactive ketones (excluding diaryl/α,β-unsaturated/α-hetero) is 1. The third-order valence-electron chi connectivity index (χ3n) is 2.53. The lowest BCUT2D eigenvalue weighted by molar-refractivity contribution is 0.0972. The highest BCUT2D eigenvalue weighted by Crippen LogP contribution is 2.32. The summed E-state index contributed by atoms with van der Waals surface area (Å²) in [5.74, 6) is 1.04. The molecule has 2 N–H and O–H groups in total. The van der Waals surface area contributed by atoms with E-state index in [-0.39, 0.29) is 24.0 Å². The van der Waals surface area contributed by atoms with E-state index >= 15 is 0 Å². The van der Waals surface area contributed by atoms with Crippen LogP contribution in [0.5, 0.6) is 0 Å². The quantitative estimate of drug-likeness (QED) is 0.790. The minimum Gasteiger partial charge on any atom is -0.456 e. The highest BCUT2D eigenvalue weighted by atomic mass is 35.5. The molecule has 0 bridgehead atoms.